The number of hydrogen-bond acceptors (Lipinski definition) is 5. The molecule has 0 amide bonds. The van der Waals surface area contributed by atoms with Crippen LogP contribution in [-0.2, 0) is 4.74 Å². The largest absolute Gasteiger partial charge is 0.487 e. The Morgan fingerprint density at radius 2 is 2.17 bits per heavy atom. The quantitative estimate of drug-likeness (QED) is 0.746. The summed E-state index contributed by atoms with van der Waals surface area (Å²) < 4.78 is 10.4. The molecule has 0 fully saturated rings. The van der Waals surface area contributed by atoms with E-state index in [0.29, 0.717) is 19.0 Å². The van der Waals surface area contributed by atoms with E-state index in [4.69, 9.17) is 14.6 Å². The molecule has 0 saturated heterocycles. The summed E-state index contributed by atoms with van der Waals surface area (Å²) in [6.45, 7) is 6.95. The van der Waals surface area contributed by atoms with Gasteiger partial charge >= 0.3 is 5.97 Å². The molecule has 6 heteroatoms. The first-order valence-corrected chi connectivity index (χ1v) is 5.87. The van der Waals surface area contributed by atoms with Crippen LogP contribution in [0, 0.1) is 0 Å². The van der Waals surface area contributed by atoms with Crippen LogP contribution in [0.3, 0.4) is 0 Å². The van der Waals surface area contributed by atoms with Gasteiger partial charge in [0.1, 0.15) is 12.4 Å². The molecule has 0 bridgehead atoms. The Balaban J connectivity index is 2.80. The molecule has 0 spiro atoms. The molecule has 18 heavy (non-hydrogen) atoms. The second-order valence-electron chi connectivity index (χ2n) is 3.95. The summed E-state index contributed by atoms with van der Waals surface area (Å²) in [4.78, 5) is 19.2. The summed E-state index contributed by atoms with van der Waals surface area (Å²) in [5.74, 6) is -0.387. The third kappa shape index (κ3) is 3.96. The maximum Gasteiger partial charge on any atom is 0.358 e. The lowest BCUT2D eigenvalue weighted by Gasteiger charge is -2.10. The standard InChI is InChI=1S/C12H18N2O4/c1-4-17-5-6-18-9-7-13-11(8(2)3)14-10(9)12(15)16/h7-8H,4-6H2,1-3H3,(H,15,16). The molecule has 100 valence electrons. The SMILES string of the molecule is CCOCCOc1cnc(C(C)C)nc1C(=O)O. The van der Waals surface area contributed by atoms with E-state index in [1.165, 1.54) is 6.20 Å². The van der Waals surface area contributed by atoms with Gasteiger partial charge < -0.3 is 14.6 Å². The summed E-state index contributed by atoms with van der Waals surface area (Å²) in [6.07, 6.45) is 1.40. The summed E-state index contributed by atoms with van der Waals surface area (Å²) in [6, 6.07) is 0. The summed E-state index contributed by atoms with van der Waals surface area (Å²) in [5, 5.41) is 9.07. The Bertz CT molecular complexity index is 407. The molecule has 1 N–H and O–H groups in total. The van der Waals surface area contributed by atoms with Crippen molar-refractivity contribution < 1.29 is 19.4 Å². The van der Waals surface area contributed by atoms with Gasteiger partial charge in [-0.15, -0.1) is 0 Å². The van der Waals surface area contributed by atoms with Gasteiger partial charge in [0.2, 0.25) is 0 Å². The molecular formula is C12H18N2O4. The molecule has 1 aromatic heterocycles. The van der Waals surface area contributed by atoms with E-state index in [9.17, 15) is 4.79 Å². The molecular weight excluding hydrogens is 236 g/mol. The second kappa shape index (κ2) is 6.90. The van der Waals surface area contributed by atoms with Gasteiger partial charge in [0.05, 0.1) is 12.8 Å². The average molecular weight is 254 g/mol. The molecule has 0 radical (unpaired) electrons. The van der Waals surface area contributed by atoms with Crippen LogP contribution >= 0.6 is 0 Å². The van der Waals surface area contributed by atoms with E-state index in [-0.39, 0.29) is 24.0 Å². The minimum atomic E-state index is -1.12. The number of carboxylic acid groups (broad SMARTS) is 1. The molecule has 6 nitrogen and oxygen atoms in total. The highest BCUT2D eigenvalue weighted by molar-refractivity contribution is 5.88. The van der Waals surface area contributed by atoms with Crippen LogP contribution in [0.4, 0.5) is 0 Å². The Morgan fingerprint density at radius 3 is 2.72 bits per heavy atom. The van der Waals surface area contributed by atoms with Gasteiger partial charge in [-0.2, -0.15) is 0 Å². The summed E-state index contributed by atoms with van der Waals surface area (Å²) in [5.41, 5.74) is -0.106. The van der Waals surface area contributed by atoms with Gasteiger partial charge in [0.25, 0.3) is 0 Å². The number of carboxylic acids is 1. The van der Waals surface area contributed by atoms with Crippen molar-refractivity contribution in [2.45, 2.75) is 26.7 Å². The molecule has 0 aliphatic carbocycles. The highest BCUT2D eigenvalue weighted by atomic mass is 16.5. The number of rotatable bonds is 7. The highest BCUT2D eigenvalue weighted by Crippen LogP contribution is 2.18. The van der Waals surface area contributed by atoms with Crippen molar-refractivity contribution in [2.75, 3.05) is 19.8 Å². The van der Waals surface area contributed by atoms with E-state index in [1.807, 2.05) is 20.8 Å². The Labute approximate surface area is 106 Å². The van der Waals surface area contributed by atoms with Crippen LogP contribution < -0.4 is 4.74 Å². The van der Waals surface area contributed by atoms with Crippen molar-refractivity contribution >= 4 is 5.97 Å². The molecule has 1 aromatic rings. The first-order chi connectivity index (χ1) is 8.56. The van der Waals surface area contributed by atoms with Crippen LogP contribution in [0.2, 0.25) is 0 Å². The van der Waals surface area contributed by atoms with E-state index >= 15 is 0 Å². The van der Waals surface area contributed by atoms with Crippen molar-refractivity contribution in [1.82, 2.24) is 9.97 Å². The number of hydrogen-bond donors (Lipinski definition) is 1. The first kappa shape index (κ1) is 14.4. The van der Waals surface area contributed by atoms with Crippen LogP contribution in [0.25, 0.3) is 0 Å². The minimum Gasteiger partial charge on any atom is -0.487 e. The maximum absolute atomic E-state index is 11.1. The fourth-order valence-corrected chi connectivity index (χ4v) is 1.28. The fraction of sp³-hybridized carbons (Fsp3) is 0.583. The molecule has 0 saturated carbocycles. The third-order valence-electron chi connectivity index (χ3n) is 2.18. The third-order valence-corrected chi connectivity index (χ3v) is 2.18. The molecule has 0 aliphatic rings. The lowest BCUT2D eigenvalue weighted by atomic mass is 10.2. The number of aromatic nitrogens is 2. The Hall–Kier alpha value is -1.69. The van der Waals surface area contributed by atoms with Gasteiger partial charge in [-0.25, -0.2) is 14.8 Å². The van der Waals surface area contributed by atoms with Crippen LogP contribution in [0.1, 0.15) is 43.0 Å². The molecule has 1 heterocycles. The molecule has 0 aromatic carbocycles. The normalized spacial score (nSPS) is 10.7. The van der Waals surface area contributed by atoms with Gasteiger partial charge in [0, 0.05) is 12.5 Å². The van der Waals surface area contributed by atoms with Gasteiger partial charge in [-0.05, 0) is 6.92 Å². The zero-order valence-corrected chi connectivity index (χ0v) is 10.8. The fourth-order valence-electron chi connectivity index (χ4n) is 1.28. The molecule has 0 aliphatic heterocycles. The van der Waals surface area contributed by atoms with E-state index in [1.54, 1.807) is 0 Å². The lowest BCUT2D eigenvalue weighted by Crippen LogP contribution is -2.13. The number of ether oxygens (including phenoxy) is 2. The van der Waals surface area contributed by atoms with Crippen molar-refractivity contribution in [1.29, 1.82) is 0 Å². The zero-order chi connectivity index (χ0) is 13.5. The molecule has 0 unspecified atom stereocenters. The smallest absolute Gasteiger partial charge is 0.358 e. The number of nitrogens with zero attached hydrogens (tertiary/aromatic N) is 2. The Morgan fingerprint density at radius 1 is 1.44 bits per heavy atom. The molecule has 0 atom stereocenters. The number of aromatic carboxylic acids is 1. The lowest BCUT2D eigenvalue weighted by molar-refractivity contribution is 0.0678. The van der Waals surface area contributed by atoms with Crippen molar-refractivity contribution in [3.8, 4) is 5.75 Å². The zero-order valence-electron chi connectivity index (χ0n) is 10.8. The van der Waals surface area contributed by atoms with Gasteiger partial charge in [-0.1, -0.05) is 13.8 Å². The van der Waals surface area contributed by atoms with Crippen molar-refractivity contribution in [2.24, 2.45) is 0 Å². The van der Waals surface area contributed by atoms with Gasteiger partial charge in [0.15, 0.2) is 11.4 Å². The summed E-state index contributed by atoms with van der Waals surface area (Å²) in [7, 11) is 0. The van der Waals surface area contributed by atoms with E-state index < -0.39 is 5.97 Å². The predicted octanol–water partition coefficient (Wildman–Crippen LogP) is 1.71. The van der Waals surface area contributed by atoms with Crippen LogP contribution in [0.15, 0.2) is 6.20 Å². The van der Waals surface area contributed by atoms with E-state index in [0.717, 1.165) is 0 Å². The van der Waals surface area contributed by atoms with Crippen molar-refractivity contribution in [3.05, 3.63) is 17.7 Å². The van der Waals surface area contributed by atoms with E-state index in [2.05, 4.69) is 9.97 Å². The minimum absolute atomic E-state index is 0.0700. The number of carbonyl (C=O) groups is 1. The highest BCUT2D eigenvalue weighted by Gasteiger charge is 2.16. The second-order valence-corrected chi connectivity index (χ2v) is 3.95. The van der Waals surface area contributed by atoms with Gasteiger partial charge in [-0.3, -0.25) is 0 Å². The van der Waals surface area contributed by atoms with Crippen molar-refractivity contribution in [3.63, 3.8) is 0 Å². The van der Waals surface area contributed by atoms with Crippen LogP contribution in [-0.4, -0.2) is 40.9 Å². The van der Waals surface area contributed by atoms with Crippen LogP contribution in [0.5, 0.6) is 5.75 Å². The molecule has 1 rings (SSSR count). The first-order valence-electron chi connectivity index (χ1n) is 5.87. The predicted molar refractivity (Wildman–Crippen MR) is 65.1 cm³/mol. The topological polar surface area (TPSA) is 81.5 Å². The summed E-state index contributed by atoms with van der Waals surface area (Å²) >= 11 is 0. The monoisotopic (exact) mass is 254 g/mol. The maximum atomic E-state index is 11.1. The average Bonchev–Trinajstić information content (AvgIpc) is 2.34. The Kier molecular flexibility index (Phi) is 5.51.